The van der Waals surface area contributed by atoms with Crippen molar-refractivity contribution in [2.45, 2.75) is 31.7 Å². The van der Waals surface area contributed by atoms with Crippen LogP contribution >= 0.6 is 23.2 Å². The third-order valence-corrected chi connectivity index (χ3v) is 4.72. The molecule has 128 valence electrons. The molecular weight excluding hydrogens is 351 g/mol. The number of halogens is 2. The summed E-state index contributed by atoms with van der Waals surface area (Å²) in [4.78, 5) is 18.7. The quantitative estimate of drug-likeness (QED) is 0.877. The largest absolute Gasteiger partial charge is 0.338 e. The Kier molecular flexibility index (Phi) is 5.08. The van der Waals surface area contributed by atoms with Crippen LogP contribution in [0.5, 0.6) is 0 Å². The topological polar surface area (TPSA) is 71.3 Å². The molecule has 0 radical (unpaired) electrons. The van der Waals surface area contributed by atoms with E-state index >= 15 is 0 Å². The van der Waals surface area contributed by atoms with Gasteiger partial charge in [0.1, 0.15) is 5.92 Å². The van der Waals surface area contributed by atoms with Crippen LogP contribution < -0.4 is 10.2 Å². The van der Waals surface area contributed by atoms with Gasteiger partial charge in [-0.15, -0.1) is 0 Å². The Morgan fingerprint density at radius 3 is 3.00 bits per heavy atom. The molecule has 1 N–H and O–H groups in total. The normalized spacial score (nSPS) is 19.1. The molecule has 3 rings (SSSR count). The van der Waals surface area contributed by atoms with Gasteiger partial charge in [-0.05, 0) is 38.6 Å². The van der Waals surface area contributed by atoms with Gasteiger partial charge < -0.3 is 14.7 Å². The molecule has 6 nitrogen and oxygen atoms in total. The monoisotopic (exact) mass is 368 g/mol. The Labute approximate surface area is 150 Å². The summed E-state index contributed by atoms with van der Waals surface area (Å²) in [5.41, 5.74) is 0.611. The van der Waals surface area contributed by atoms with Crippen LogP contribution in [0.4, 0.5) is 5.69 Å². The van der Waals surface area contributed by atoms with Gasteiger partial charge in [0.25, 0.3) is 0 Å². The molecule has 1 aromatic heterocycles. The van der Waals surface area contributed by atoms with Crippen LogP contribution in [0, 0.1) is 0 Å². The van der Waals surface area contributed by atoms with Gasteiger partial charge in [-0.25, -0.2) is 0 Å². The maximum atomic E-state index is 12.7. The molecule has 1 amide bonds. The Hall–Kier alpha value is -1.63. The lowest BCUT2D eigenvalue weighted by atomic mass is 10.1. The highest BCUT2D eigenvalue weighted by Gasteiger charge is 2.38. The van der Waals surface area contributed by atoms with E-state index in [0.29, 0.717) is 46.8 Å². The number of aromatic nitrogens is 2. The van der Waals surface area contributed by atoms with Crippen LogP contribution in [0.1, 0.15) is 31.0 Å². The average molecular weight is 369 g/mol. The number of nitrogens with one attached hydrogen (secondary N) is 1. The SMILES string of the molecule is CNC(C)Cc1noc(C2CCN(c3cc(Cl)ccc3Cl)C2=O)n1. The zero-order chi connectivity index (χ0) is 17.3. The summed E-state index contributed by atoms with van der Waals surface area (Å²) in [5.74, 6) is 0.417. The number of nitrogens with zero attached hydrogens (tertiary/aromatic N) is 3. The van der Waals surface area contributed by atoms with Gasteiger partial charge in [-0.3, -0.25) is 4.79 Å². The van der Waals surface area contributed by atoms with Gasteiger partial charge in [0.2, 0.25) is 11.8 Å². The summed E-state index contributed by atoms with van der Waals surface area (Å²) < 4.78 is 5.31. The highest BCUT2D eigenvalue weighted by molar-refractivity contribution is 6.35. The molecule has 1 aliphatic heterocycles. The van der Waals surface area contributed by atoms with Crippen molar-refractivity contribution in [3.05, 3.63) is 40.0 Å². The first-order chi connectivity index (χ1) is 11.5. The van der Waals surface area contributed by atoms with Gasteiger partial charge in [0, 0.05) is 24.0 Å². The van der Waals surface area contributed by atoms with Crippen molar-refractivity contribution in [2.24, 2.45) is 0 Å². The molecule has 2 heterocycles. The fourth-order valence-electron chi connectivity index (χ4n) is 2.71. The lowest BCUT2D eigenvalue weighted by Gasteiger charge is -2.18. The molecule has 1 aliphatic rings. The van der Waals surface area contributed by atoms with E-state index in [1.165, 1.54) is 0 Å². The lowest BCUT2D eigenvalue weighted by Crippen LogP contribution is -2.26. The first kappa shape index (κ1) is 17.2. The zero-order valence-corrected chi connectivity index (χ0v) is 14.9. The molecule has 0 spiro atoms. The third kappa shape index (κ3) is 3.41. The Morgan fingerprint density at radius 1 is 1.46 bits per heavy atom. The van der Waals surface area contributed by atoms with Crippen LogP contribution in [-0.4, -0.2) is 35.7 Å². The predicted molar refractivity (Wildman–Crippen MR) is 92.7 cm³/mol. The summed E-state index contributed by atoms with van der Waals surface area (Å²) in [6, 6.07) is 5.30. The smallest absolute Gasteiger partial charge is 0.239 e. The van der Waals surface area contributed by atoms with E-state index in [1.54, 1.807) is 23.1 Å². The maximum Gasteiger partial charge on any atom is 0.239 e. The van der Waals surface area contributed by atoms with Crippen molar-refractivity contribution in [3.8, 4) is 0 Å². The van der Waals surface area contributed by atoms with Crippen LogP contribution in [-0.2, 0) is 11.2 Å². The molecule has 1 fully saturated rings. The minimum absolute atomic E-state index is 0.101. The first-order valence-electron chi connectivity index (χ1n) is 7.75. The molecule has 2 atom stereocenters. The zero-order valence-electron chi connectivity index (χ0n) is 13.4. The van der Waals surface area contributed by atoms with Crippen LogP contribution in [0.15, 0.2) is 22.7 Å². The molecule has 2 aromatic rings. The first-order valence-corrected chi connectivity index (χ1v) is 8.51. The van der Waals surface area contributed by atoms with Crippen molar-refractivity contribution in [1.29, 1.82) is 0 Å². The van der Waals surface area contributed by atoms with E-state index in [4.69, 9.17) is 27.7 Å². The van der Waals surface area contributed by atoms with E-state index < -0.39 is 5.92 Å². The summed E-state index contributed by atoms with van der Waals surface area (Å²) >= 11 is 12.2. The molecule has 24 heavy (non-hydrogen) atoms. The van der Waals surface area contributed by atoms with E-state index in [9.17, 15) is 4.79 Å². The van der Waals surface area contributed by atoms with Crippen LogP contribution in [0.25, 0.3) is 0 Å². The molecule has 8 heteroatoms. The number of likely N-dealkylation sites (N-methyl/N-ethyl adjacent to an activating group) is 1. The second-order valence-electron chi connectivity index (χ2n) is 5.87. The predicted octanol–water partition coefficient (Wildman–Crippen LogP) is 3.05. The van der Waals surface area contributed by atoms with Crippen molar-refractivity contribution in [2.75, 3.05) is 18.5 Å². The minimum atomic E-state index is -0.439. The van der Waals surface area contributed by atoms with Gasteiger partial charge in [0.05, 0.1) is 10.7 Å². The molecule has 0 aliphatic carbocycles. The van der Waals surface area contributed by atoms with Crippen LogP contribution in [0.2, 0.25) is 10.0 Å². The summed E-state index contributed by atoms with van der Waals surface area (Å²) in [7, 11) is 1.87. The van der Waals surface area contributed by atoms with Gasteiger partial charge in [0.15, 0.2) is 5.82 Å². The fourth-order valence-corrected chi connectivity index (χ4v) is 3.09. The standard InChI is InChI=1S/C16H18Cl2N4O2/c1-9(19-2)7-14-20-15(24-21-14)11-5-6-22(16(11)23)13-8-10(17)3-4-12(13)18/h3-4,8-9,11,19H,5-7H2,1-2H3. The second-order valence-corrected chi connectivity index (χ2v) is 6.71. The van der Waals surface area contributed by atoms with Gasteiger partial charge in [-0.1, -0.05) is 28.4 Å². The van der Waals surface area contributed by atoms with Gasteiger partial charge in [-0.2, -0.15) is 4.98 Å². The summed E-state index contributed by atoms with van der Waals surface area (Å²) in [6.45, 7) is 2.56. The van der Waals surface area contributed by atoms with Gasteiger partial charge >= 0.3 is 0 Å². The number of carbonyl (C=O) groups is 1. The molecule has 0 bridgehead atoms. The second kappa shape index (κ2) is 7.09. The van der Waals surface area contributed by atoms with Crippen molar-refractivity contribution >= 4 is 34.8 Å². The molecule has 1 saturated heterocycles. The Bertz CT molecular complexity index is 749. The molecule has 2 unspecified atom stereocenters. The number of anilines is 1. The van der Waals surface area contributed by atoms with E-state index in [0.717, 1.165) is 0 Å². The maximum absolute atomic E-state index is 12.7. The minimum Gasteiger partial charge on any atom is -0.338 e. The Balaban J connectivity index is 1.78. The summed E-state index contributed by atoms with van der Waals surface area (Å²) in [5, 5.41) is 8.11. The molecule has 1 aromatic carbocycles. The van der Waals surface area contributed by atoms with Crippen molar-refractivity contribution in [1.82, 2.24) is 15.5 Å². The average Bonchev–Trinajstić information content (AvgIpc) is 3.16. The molecular formula is C16H18Cl2N4O2. The number of rotatable bonds is 5. The fraction of sp³-hybridized carbons (Fsp3) is 0.438. The lowest BCUT2D eigenvalue weighted by molar-refractivity contribution is -0.118. The van der Waals surface area contributed by atoms with Crippen molar-refractivity contribution in [3.63, 3.8) is 0 Å². The number of hydrogen-bond acceptors (Lipinski definition) is 5. The Morgan fingerprint density at radius 2 is 2.25 bits per heavy atom. The van der Waals surface area contributed by atoms with Crippen molar-refractivity contribution < 1.29 is 9.32 Å². The number of benzene rings is 1. The highest BCUT2D eigenvalue weighted by Crippen LogP contribution is 2.36. The molecule has 0 saturated carbocycles. The number of carbonyl (C=O) groups excluding carboxylic acids is 1. The third-order valence-electron chi connectivity index (χ3n) is 4.17. The number of hydrogen-bond donors (Lipinski definition) is 1. The number of amides is 1. The highest BCUT2D eigenvalue weighted by atomic mass is 35.5. The summed E-state index contributed by atoms with van der Waals surface area (Å²) in [6.07, 6.45) is 1.25. The van der Waals surface area contributed by atoms with E-state index in [1.807, 2.05) is 14.0 Å². The van der Waals surface area contributed by atoms with E-state index in [-0.39, 0.29) is 11.9 Å². The van der Waals surface area contributed by atoms with Crippen LogP contribution in [0.3, 0.4) is 0 Å². The van der Waals surface area contributed by atoms with E-state index in [2.05, 4.69) is 15.5 Å².